The number of ether oxygens (including phenoxy) is 3. The predicted molar refractivity (Wildman–Crippen MR) is 102 cm³/mol. The number of methoxy groups -OCH3 is 2. The number of hydrogen-bond donors (Lipinski definition) is 0. The van der Waals surface area contributed by atoms with Crippen LogP contribution in [-0.2, 0) is 28.6 Å². The molecule has 3 atom stereocenters. The van der Waals surface area contributed by atoms with Crippen molar-refractivity contribution in [3.63, 3.8) is 0 Å². The Hall–Kier alpha value is -2.11. The maximum Gasteiger partial charge on any atom is 0.335 e. The van der Waals surface area contributed by atoms with E-state index in [0.29, 0.717) is 29.6 Å². The highest BCUT2D eigenvalue weighted by Crippen LogP contribution is 2.64. The van der Waals surface area contributed by atoms with E-state index in [1.54, 1.807) is 6.08 Å². The van der Waals surface area contributed by atoms with E-state index in [9.17, 15) is 14.4 Å². The van der Waals surface area contributed by atoms with Gasteiger partial charge in [-0.1, -0.05) is 34.1 Å². The smallest absolute Gasteiger partial charge is 0.335 e. The Morgan fingerprint density at radius 3 is 2.43 bits per heavy atom. The highest BCUT2D eigenvalue weighted by molar-refractivity contribution is 6.02. The van der Waals surface area contributed by atoms with Crippen LogP contribution >= 0.6 is 0 Å². The van der Waals surface area contributed by atoms with Crippen molar-refractivity contribution in [1.29, 1.82) is 0 Å². The first-order valence-corrected chi connectivity index (χ1v) is 9.93. The van der Waals surface area contributed by atoms with E-state index in [0.717, 1.165) is 12.8 Å². The molecular weight excluding hydrogens is 360 g/mol. The summed E-state index contributed by atoms with van der Waals surface area (Å²) in [6.07, 6.45) is 4.19. The molecule has 2 bridgehead atoms. The number of carbonyl (C=O) groups is 3. The van der Waals surface area contributed by atoms with Crippen molar-refractivity contribution in [3.05, 3.63) is 22.8 Å². The molecule has 2 aliphatic carbocycles. The summed E-state index contributed by atoms with van der Waals surface area (Å²) in [6.45, 7) is 8.07. The fourth-order valence-corrected chi connectivity index (χ4v) is 5.62. The first-order valence-electron chi connectivity index (χ1n) is 9.93. The number of rotatable bonds is 4. The van der Waals surface area contributed by atoms with Crippen LogP contribution in [0.25, 0.3) is 0 Å². The lowest BCUT2D eigenvalue weighted by Crippen LogP contribution is -2.52. The van der Waals surface area contributed by atoms with Gasteiger partial charge in [-0.3, -0.25) is 4.79 Å². The molecule has 1 saturated heterocycles. The van der Waals surface area contributed by atoms with Crippen LogP contribution in [0.3, 0.4) is 0 Å². The van der Waals surface area contributed by atoms with Crippen LogP contribution in [0.5, 0.6) is 0 Å². The summed E-state index contributed by atoms with van der Waals surface area (Å²) < 4.78 is 15.8. The third-order valence-electron chi connectivity index (χ3n) is 6.71. The lowest BCUT2D eigenvalue weighted by Gasteiger charge is -2.50. The zero-order valence-electron chi connectivity index (χ0n) is 17.6. The fraction of sp³-hybridized carbons (Fsp3) is 0.682. The third-order valence-corrected chi connectivity index (χ3v) is 6.71. The number of hydrogen-bond acceptors (Lipinski definition) is 6. The van der Waals surface area contributed by atoms with Crippen molar-refractivity contribution < 1.29 is 28.6 Å². The molecule has 1 saturated carbocycles. The summed E-state index contributed by atoms with van der Waals surface area (Å²) in [5.74, 6) is -1.45. The Morgan fingerprint density at radius 2 is 1.86 bits per heavy atom. The molecule has 154 valence electrons. The minimum atomic E-state index is -0.998. The largest absolute Gasteiger partial charge is 0.466 e. The second-order valence-electron chi connectivity index (χ2n) is 9.08. The van der Waals surface area contributed by atoms with Gasteiger partial charge in [0.2, 0.25) is 0 Å². The number of carbonyl (C=O) groups excluding carboxylic acids is 3. The van der Waals surface area contributed by atoms with Gasteiger partial charge in [0.15, 0.2) is 0 Å². The molecule has 0 spiro atoms. The van der Waals surface area contributed by atoms with E-state index in [1.807, 2.05) is 13.8 Å². The van der Waals surface area contributed by atoms with Crippen LogP contribution < -0.4 is 0 Å². The molecular formula is C22H30O6. The van der Waals surface area contributed by atoms with Crippen LogP contribution in [0.15, 0.2) is 22.8 Å². The first-order chi connectivity index (χ1) is 13.1. The number of allylic oxidation sites excluding steroid dienone is 1. The summed E-state index contributed by atoms with van der Waals surface area (Å²) in [5, 5.41) is 0. The first kappa shape index (κ1) is 20.6. The second kappa shape index (κ2) is 7.05. The molecule has 1 aliphatic heterocycles. The van der Waals surface area contributed by atoms with Gasteiger partial charge in [0, 0.05) is 17.9 Å². The van der Waals surface area contributed by atoms with Crippen molar-refractivity contribution in [2.75, 3.05) is 14.2 Å². The van der Waals surface area contributed by atoms with Crippen LogP contribution in [0.1, 0.15) is 53.4 Å². The quantitative estimate of drug-likeness (QED) is 0.416. The Balaban J connectivity index is 2.26. The van der Waals surface area contributed by atoms with E-state index >= 15 is 0 Å². The summed E-state index contributed by atoms with van der Waals surface area (Å²) in [6, 6.07) is 0. The molecule has 0 aromatic heterocycles. The van der Waals surface area contributed by atoms with E-state index in [4.69, 9.17) is 14.2 Å². The summed E-state index contributed by atoms with van der Waals surface area (Å²) >= 11 is 0. The van der Waals surface area contributed by atoms with E-state index in [2.05, 4.69) is 13.8 Å². The zero-order valence-corrected chi connectivity index (χ0v) is 17.6. The standard InChI is InChI=1S/C22H30O6/c1-12(2)14(18(23)26-5)10-13-11-15-17-21(3,4)8-7-9-22(17,20(25)28-15)16(13)19(24)27-6/h10,12,15,17H,7-9,11H2,1-6H3/b14-10-/t15?,17-,22-/m0/s1. The van der Waals surface area contributed by atoms with Crippen LogP contribution in [0.4, 0.5) is 0 Å². The molecule has 6 heteroatoms. The topological polar surface area (TPSA) is 78.9 Å². The van der Waals surface area contributed by atoms with Crippen molar-refractivity contribution in [2.24, 2.45) is 22.7 Å². The van der Waals surface area contributed by atoms with E-state index in [-0.39, 0.29) is 29.3 Å². The summed E-state index contributed by atoms with van der Waals surface area (Å²) in [4.78, 5) is 38.3. The Kier molecular flexibility index (Phi) is 5.19. The van der Waals surface area contributed by atoms with Gasteiger partial charge in [0.25, 0.3) is 0 Å². The molecule has 0 aromatic rings. The van der Waals surface area contributed by atoms with E-state index < -0.39 is 17.4 Å². The van der Waals surface area contributed by atoms with Gasteiger partial charge in [-0.25, -0.2) is 9.59 Å². The van der Waals surface area contributed by atoms with Crippen molar-refractivity contribution in [3.8, 4) is 0 Å². The fourth-order valence-electron chi connectivity index (χ4n) is 5.62. The van der Waals surface area contributed by atoms with Crippen LogP contribution in [0.2, 0.25) is 0 Å². The predicted octanol–water partition coefficient (Wildman–Crippen LogP) is 3.35. The molecule has 28 heavy (non-hydrogen) atoms. The Labute approximate surface area is 166 Å². The SMILES string of the molecule is COC(=O)C1=C(/C=C(\C(=O)OC)C(C)C)CC2OC(=O)[C@@]13CCCC(C)(C)[C@H]23. The highest BCUT2D eigenvalue weighted by Gasteiger charge is 2.68. The maximum atomic E-state index is 13.1. The molecule has 3 aliphatic rings. The molecule has 0 amide bonds. The van der Waals surface area contributed by atoms with Gasteiger partial charge in [-0.05, 0) is 35.8 Å². The van der Waals surface area contributed by atoms with Gasteiger partial charge < -0.3 is 14.2 Å². The monoisotopic (exact) mass is 390 g/mol. The Morgan fingerprint density at radius 1 is 1.18 bits per heavy atom. The van der Waals surface area contributed by atoms with Crippen LogP contribution in [-0.4, -0.2) is 38.2 Å². The lowest BCUT2D eigenvalue weighted by atomic mass is 9.50. The van der Waals surface area contributed by atoms with Gasteiger partial charge >= 0.3 is 17.9 Å². The molecule has 1 heterocycles. The van der Waals surface area contributed by atoms with Crippen molar-refractivity contribution >= 4 is 17.9 Å². The normalized spacial score (nSPS) is 31.4. The molecule has 1 unspecified atom stereocenters. The lowest BCUT2D eigenvalue weighted by molar-refractivity contribution is -0.151. The van der Waals surface area contributed by atoms with Gasteiger partial charge in [0.1, 0.15) is 11.5 Å². The molecule has 0 N–H and O–H groups in total. The van der Waals surface area contributed by atoms with Crippen LogP contribution in [0, 0.1) is 22.7 Å². The Bertz CT molecular complexity index is 772. The average molecular weight is 390 g/mol. The van der Waals surface area contributed by atoms with Gasteiger partial charge in [-0.2, -0.15) is 0 Å². The van der Waals surface area contributed by atoms with Gasteiger partial charge in [-0.15, -0.1) is 0 Å². The average Bonchev–Trinajstić information content (AvgIpc) is 2.85. The maximum absolute atomic E-state index is 13.1. The van der Waals surface area contributed by atoms with Crippen molar-refractivity contribution in [1.82, 2.24) is 0 Å². The zero-order chi connectivity index (χ0) is 20.9. The molecule has 3 rings (SSSR count). The summed E-state index contributed by atoms with van der Waals surface area (Å²) in [7, 11) is 2.66. The third kappa shape index (κ3) is 2.88. The summed E-state index contributed by atoms with van der Waals surface area (Å²) in [5.41, 5.74) is 0.365. The highest BCUT2D eigenvalue weighted by atomic mass is 16.6. The molecule has 0 aromatic carbocycles. The number of esters is 3. The molecule has 6 nitrogen and oxygen atoms in total. The second-order valence-corrected chi connectivity index (χ2v) is 9.08. The minimum Gasteiger partial charge on any atom is -0.466 e. The van der Waals surface area contributed by atoms with Crippen molar-refractivity contribution in [2.45, 2.75) is 59.5 Å². The molecule has 0 radical (unpaired) electrons. The minimum absolute atomic E-state index is 0.0758. The van der Waals surface area contributed by atoms with E-state index in [1.165, 1.54) is 14.2 Å². The van der Waals surface area contributed by atoms with Gasteiger partial charge in [0.05, 0.1) is 19.8 Å². The molecule has 2 fully saturated rings.